The van der Waals surface area contributed by atoms with Gasteiger partial charge in [-0.3, -0.25) is 14.3 Å². The van der Waals surface area contributed by atoms with Crippen molar-refractivity contribution in [1.82, 2.24) is 9.47 Å². The van der Waals surface area contributed by atoms with Crippen LogP contribution in [0.4, 0.5) is 16.2 Å². The van der Waals surface area contributed by atoms with Gasteiger partial charge in [0.25, 0.3) is 0 Å². The number of hydrogen-bond acceptors (Lipinski definition) is 5. The van der Waals surface area contributed by atoms with Gasteiger partial charge < -0.3 is 14.4 Å². The summed E-state index contributed by atoms with van der Waals surface area (Å²) in [7, 11) is 0. The maximum absolute atomic E-state index is 13.2. The molecule has 7 nitrogen and oxygen atoms in total. The number of benzene rings is 2. The molecule has 37 heavy (non-hydrogen) atoms. The molecule has 1 fully saturated rings. The summed E-state index contributed by atoms with van der Waals surface area (Å²) < 4.78 is 13.2. The molecule has 0 saturated carbocycles. The third-order valence-corrected chi connectivity index (χ3v) is 7.24. The molecule has 0 bridgehead atoms. The van der Waals surface area contributed by atoms with Crippen LogP contribution in [0.15, 0.2) is 48.7 Å². The minimum Gasteiger partial charge on any atom is -0.494 e. The maximum atomic E-state index is 13.2. The first-order chi connectivity index (χ1) is 17.7. The molecule has 3 aromatic rings. The van der Waals surface area contributed by atoms with Gasteiger partial charge in [0.2, 0.25) is 5.91 Å². The minimum atomic E-state index is -0.598. The fraction of sp³-hybridized carbons (Fsp3) is 0.467. The van der Waals surface area contributed by atoms with E-state index in [0.717, 1.165) is 41.0 Å². The number of aryl methyl sites for hydroxylation is 1. The Bertz CT molecular complexity index is 1310. The van der Waals surface area contributed by atoms with Crippen molar-refractivity contribution < 1.29 is 19.1 Å². The van der Waals surface area contributed by atoms with Gasteiger partial charge in [0.1, 0.15) is 11.4 Å². The number of likely N-dealkylation sites (tertiary alicyclic amines) is 1. The Morgan fingerprint density at radius 1 is 1.08 bits per heavy atom. The summed E-state index contributed by atoms with van der Waals surface area (Å²) in [5.74, 6) is 0.884. The molecule has 1 saturated heterocycles. The second-order valence-corrected chi connectivity index (χ2v) is 11.1. The smallest absolute Gasteiger partial charge is 0.418 e. The summed E-state index contributed by atoms with van der Waals surface area (Å²) in [6.45, 7) is 10.8. The molecule has 0 unspecified atom stereocenters. The number of nitrogens with zero attached hydrogens (tertiary/aromatic N) is 3. The van der Waals surface area contributed by atoms with Crippen molar-refractivity contribution in [2.75, 3.05) is 24.6 Å². The number of amides is 1. The van der Waals surface area contributed by atoms with E-state index in [4.69, 9.17) is 9.47 Å². The van der Waals surface area contributed by atoms with E-state index in [2.05, 4.69) is 17.9 Å². The number of aromatic nitrogens is 1. The van der Waals surface area contributed by atoms with Crippen LogP contribution >= 0.6 is 0 Å². The summed E-state index contributed by atoms with van der Waals surface area (Å²) in [5.41, 5.74) is 2.83. The predicted molar refractivity (Wildman–Crippen MR) is 146 cm³/mol. The Kier molecular flexibility index (Phi) is 6.99. The molecule has 0 aliphatic carbocycles. The van der Waals surface area contributed by atoms with Gasteiger partial charge in [0, 0.05) is 30.6 Å². The molecule has 0 N–H and O–H groups in total. The van der Waals surface area contributed by atoms with E-state index in [9.17, 15) is 9.59 Å². The molecule has 1 aromatic heterocycles. The van der Waals surface area contributed by atoms with Gasteiger partial charge in [0.05, 0.1) is 23.5 Å². The Balaban J connectivity index is 1.35. The van der Waals surface area contributed by atoms with Crippen molar-refractivity contribution in [3.8, 4) is 5.75 Å². The van der Waals surface area contributed by atoms with E-state index in [0.29, 0.717) is 31.0 Å². The number of hydrogen-bond donors (Lipinski definition) is 0. The summed E-state index contributed by atoms with van der Waals surface area (Å²) in [5, 5.41) is 0.825. The van der Waals surface area contributed by atoms with Crippen molar-refractivity contribution in [1.29, 1.82) is 0 Å². The van der Waals surface area contributed by atoms with Gasteiger partial charge in [0.15, 0.2) is 0 Å². The van der Waals surface area contributed by atoms with Crippen LogP contribution in [0.25, 0.3) is 10.9 Å². The van der Waals surface area contributed by atoms with Gasteiger partial charge in [-0.25, -0.2) is 4.79 Å². The number of fused-ring (bicyclic) bond motifs is 2. The maximum Gasteiger partial charge on any atom is 0.418 e. The highest BCUT2D eigenvalue weighted by Crippen LogP contribution is 2.39. The van der Waals surface area contributed by atoms with Crippen molar-refractivity contribution >= 4 is 34.3 Å². The highest BCUT2D eigenvalue weighted by Gasteiger charge is 2.28. The molecule has 1 atom stereocenters. The molecule has 2 aromatic carbocycles. The lowest BCUT2D eigenvalue weighted by atomic mass is 9.99. The molecule has 0 spiro atoms. The summed E-state index contributed by atoms with van der Waals surface area (Å²) in [6, 6.07) is 14.2. The Labute approximate surface area is 218 Å². The Hall–Kier alpha value is -3.32. The zero-order chi connectivity index (χ0) is 26.2. The summed E-state index contributed by atoms with van der Waals surface area (Å²) in [4.78, 5) is 30.2. The lowest BCUT2D eigenvalue weighted by Crippen LogP contribution is -2.31. The van der Waals surface area contributed by atoms with Crippen LogP contribution in [0.3, 0.4) is 0 Å². The highest BCUT2D eigenvalue weighted by atomic mass is 16.6. The van der Waals surface area contributed by atoms with E-state index in [1.54, 1.807) is 11.1 Å². The van der Waals surface area contributed by atoms with Gasteiger partial charge in [-0.05, 0) is 102 Å². The Morgan fingerprint density at radius 2 is 1.92 bits per heavy atom. The standard InChI is InChI=1S/C30H37N3O4/c1-21-8-6-16-31(21)17-7-19-36-23-12-13-25-22(20-23)11-14-28(34)33(25)27-10-5-9-26-24(27)15-18-32(26)29(35)37-30(2,3)4/h5,9-10,12-13,15,18,20-21H,6-8,11,14,16-17,19H2,1-4H3/t21-/m1/s1. The fourth-order valence-corrected chi connectivity index (χ4v) is 5.42. The monoisotopic (exact) mass is 503 g/mol. The average molecular weight is 504 g/mol. The first-order valence-corrected chi connectivity index (χ1v) is 13.4. The van der Waals surface area contributed by atoms with E-state index >= 15 is 0 Å². The molecule has 3 heterocycles. The zero-order valence-electron chi connectivity index (χ0n) is 22.3. The van der Waals surface area contributed by atoms with Crippen LogP contribution < -0.4 is 9.64 Å². The predicted octanol–water partition coefficient (Wildman–Crippen LogP) is 6.29. The van der Waals surface area contributed by atoms with Crippen LogP contribution in [0.1, 0.15) is 58.9 Å². The molecule has 2 aliphatic rings. The van der Waals surface area contributed by atoms with Crippen LogP contribution in [0, 0.1) is 0 Å². The highest BCUT2D eigenvalue weighted by molar-refractivity contribution is 6.10. The van der Waals surface area contributed by atoms with E-state index in [1.807, 2.05) is 57.2 Å². The van der Waals surface area contributed by atoms with Crippen molar-refractivity contribution in [2.45, 2.75) is 71.4 Å². The molecule has 5 rings (SSSR count). The first kappa shape index (κ1) is 25.3. The van der Waals surface area contributed by atoms with Crippen LogP contribution in [-0.4, -0.2) is 52.8 Å². The Morgan fingerprint density at radius 3 is 2.68 bits per heavy atom. The summed E-state index contributed by atoms with van der Waals surface area (Å²) >= 11 is 0. The van der Waals surface area contributed by atoms with E-state index in [-0.39, 0.29) is 5.91 Å². The number of anilines is 2. The molecular weight excluding hydrogens is 466 g/mol. The first-order valence-electron chi connectivity index (χ1n) is 13.4. The topological polar surface area (TPSA) is 64.0 Å². The van der Waals surface area contributed by atoms with Crippen molar-refractivity contribution in [2.24, 2.45) is 0 Å². The number of ether oxygens (including phenoxy) is 2. The van der Waals surface area contributed by atoms with Gasteiger partial charge in [-0.15, -0.1) is 0 Å². The molecule has 196 valence electrons. The fourth-order valence-electron chi connectivity index (χ4n) is 5.42. The number of carbonyl (C=O) groups excluding carboxylic acids is 2. The minimum absolute atomic E-state index is 0.0402. The molecule has 1 amide bonds. The lowest BCUT2D eigenvalue weighted by Gasteiger charge is -2.30. The molecule has 2 aliphatic heterocycles. The quantitative estimate of drug-likeness (QED) is 0.370. The number of rotatable bonds is 6. The second kappa shape index (κ2) is 10.2. The molecule has 7 heteroatoms. The van der Waals surface area contributed by atoms with Gasteiger partial charge >= 0.3 is 6.09 Å². The van der Waals surface area contributed by atoms with E-state index in [1.165, 1.54) is 24.0 Å². The molecule has 0 radical (unpaired) electrons. The second-order valence-electron chi connectivity index (χ2n) is 11.1. The van der Waals surface area contributed by atoms with Crippen LogP contribution in [0.5, 0.6) is 5.75 Å². The van der Waals surface area contributed by atoms with Gasteiger partial charge in [-0.2, -0.15) is 0 Å². The van der Waals surface area contributed by atoms with Gasteiger partial charge in [-0.1, -0.05) is 6.07 Å². The van der Waals surface area contributed by atoms with Crippen molar-refractivity contribution in [3.05, 3.63) is 54.2 Å². The van der Waals surface area contributed by atoms with Crippen LogP contribution in [0.2, 0.25) is 0 Å². The summed E-state index contributed by atoms with van der Waals surface area (Å²) in [6.07, 6.45) is 5.96. The number of carbonyl (C=O) groups is 2. The molecular formula is C30H37N3O4. The normalized spacial score (nSPS) is 18.3. The van der Waals surface area contributed by atoms with E-state index < -0.39 is 11.7 Å². The SMILES string of the molecule is C[C@@H]1CCCN1CCCOc1ccc2c(c1)CCC(=O)N2c1cccc2c1ccn2C(=O)OC(C)(C)C. The van der Waals surface area contributed by atoms with Crippen LogP contribution in [-0.2, 0) is 16.0 Å². The third-order valence-electron chi connectivity index (χ3n) is 7.24. The largest absolute Gasteiger partial charge is 0.494 e. The third kappa shape index (κ3) is 5.37. The zero-order valence-corrected chi connectivity index (χ0v) is 22.3. The average Bonchev–Trinajstić information content (AvgIpc) is 3.47. The lowest BCUT2D eigenvalue weighted by molar-refractivity contribution is -0.118. The van der Waals surface area contributed by atoms with Crippen molar-refractivity contribution in [3.63, 3.8) is 0 Å².